The summed E-state index contributed by atoms with van der Waals surface area (Å²) < 4.78 is 0. The number of thiophene rings is 1. The Morgan fingerprint density at radius 3 is 2.57 bits per heavy atom. The third-order valence-electron chi connectivity index (χ3n) is 4.71. The molecule has 0 saturated carbocycles. The molecule has 0 fully saturated rings. The molecule has 152 valence electrons. The van der Waals surface area contributed by atoms with Gasteiger partial charge in [0.25, 0.3) is 5.56 Å². The standard InChI is InChI=1S/C23H21N3O2S2/c1-14(2)15-8-10-17(11-9-15)24-19(27)13-30-23-25-21(28)20-18(12-29-22(20)26-23)16-6-4-3-5-7-16/h3-12,14H,13H2,1-2H3,(H,24,27)(H,25,26,28). The van der Waals surface area contributed by atoms with Crippen LogP contribution in [0.5, 0.6) is 0 Å². The maximum Gasteiger partial charge on any atom is 0.260 e. The molecule has 0 aliphatic carbocycles. The minimum atomic E-state index is -0.188. The summed E-state index contributed by atoms with van der Waals surface area (Å²) in [5.41, 5.74) is 3.66. The fraction of sp³-hybridized carbons (Fsp3) is 0.174. The number of rotatable bonds is 6. The van der Waals surface area contributed by atoms with Crippen LogP contribution in [-0.2, 0) is 4.79 Å². The van der Waals surface area contributed by atoms with E-state index in [0.717, 1.165) is 16.8 Å². The summed E-state index contributed by atoms with van der Waals surface area (Å²) in [6.45, 7) is 4.26. The summed E-state index contributed by atoms with van der Waals surface area (Å²) in [4.78, 5) is 33.0. The van der Waals surface area contributed by atoms with Gasteiger partial charge in [0.05, 0.1) is 11.1 Å². The summed E-state index contributed by atoms with van der Waals surface area (Å²) in [6.07, 6.45) is 0. The van der Waals surface area contributed by atoms with E-state index in [9.17, 15) is 9.59 Å². The van der Waals surface area contributed by atoms with Crippen molar-refractivity contribution < 1.29 is 4.79 Å². The predicted octanol–water partition coefficient (Wildman–Crippen LogP) is 5.51. The number of carbonyl (C=O) groups is 1. The number of aromatic nitrogens is 2. The topological polar surface area (TPSA) is 74.8 Å². The number of amides is 1. The van der Waals surface area contributed by atoms with E-state index < -0.39 is 0 Å². The number of benzene rings is 2. The van der Waals surface area contributed by atoms with Gasteiger partial charge in [-0.15, -0.1) is 11.3 Å². The second-order valence-corrected chi connectivity index (χ2v) is 9.00. The number of thioether (sulfide) groups is 1. The third kappa shape index (κ3) is 4.47. The fourth-order valence-electron chi connectivity index (χ4n) is 3.11. The molecule has 0 atom stereocenters. The lowest BCUT2D eigenvalue weighted by molar-refractivity contribution is -0.113. The van der Waals surface area contributed by atoms with Gasteiger partial charge >= 0.3 is 0 Å². The van der Waals surface area contributed by atoms with Gasteiger partial charge in [0, 0.05) is 16.6 Å². The van der Waals surface area contributed by atoms with E-state index >= 15 is 0 Å². The van der Waals surface area contributed by atoms with Crippen LogP contribution in [0.4, 0.5) is 5.69 Å². The van der Waals surface area contributed by atoms with Crippen LogP contribution in [0.1, 0.15) is 25.3 Å². The second kappa shape index (κ2) is 8.85. The molecule has 0 aliphatic rings. The number of hydrogen-bond acceptors (Lipinski definition) is 5. The van der Waals surface area contributed by atoms with Crippen molar-refractivity contribution in [3.8, 4) is 11.1 Å². The van der Waals surface area contributed by atoms with Crippen LogP contribution in [0.15, 0.2) is 69.9 Å². The van der Waals surface area contributed by atoms with Crippen molar-refractivity contribution in [3.63, 3.8) is 0 Å². The molecular formula is C23H21N3O2S2. The summed E-state index contributed by atoms with van der Waals surface area (Å²) in [5, 5.41) is 5.86. The normalized spacial score (nSPS) is 11.2. The Labute approximate surface area is 182 Å². The molecule has 5 nitrogen and oxygen atoms in total. The predicted molar refractivity (Wildman–Crippen MR) is 126 cm³/mol. The van der Waals surface area contributed by atoms with Gasteiger partial charge in [-0.3, -0.25) is 9.59 Å². The molecular weight excluding hydrogens is 414 g/mol. The average Bonchev–Trinajstić information content (AvgIpc) is 3.18. The molecule has 7 heteroatoms. The van der Waals surface area contributed by atoms with Gasteiger partial charge in [0.1, 0.15) is 4.83 Å². The van der Waals surface area contributed by atoms with Crippen molar-refractivity contribution >= 4 is 44.9 Å². The van der Waals surface area contributed by atoms with Crippen molar-refractivity contribution in [1.29, 1.82) is 0 Å². The number of fused-ring (bicyclic) bond motifs is 1. The van der Waals surface area contributed by atoms with Crippen LogP contribution in [0.25, 0.3) is 21.3 Å². The molecule has 2 N–H and O–H groups in total. The number of nitrogens with one attached hydrogen (secondary N) is 2. The van der Waals surface area contributed by atoms with Crippen molar-refractivity contribution in [2.75, 3.05) is 11.1 Å². The zero-order chi connectivity index (χ0) is 21.1. The fourth-order valence-corrected chi connectivity index (χ4v) is 4.78. The molecule has 2 aromatic heterocycles. The third-order valence-corrected chi connectivity index (χ3v) is 6.45. The van der Waals surface area contributed by atoms with Crippen LogP contribution in [-0.4, -0.2) is 21.6 Å². The van der Waals surface area contributed by atoms with Crippen LogP contribution in [0.2, 0.25) is 0 Å². The zero-order valence-electron chi connectivity index (χ0n) is 16.6. The smallest absolute Gasteiger partial charge is 0.260 e. The van der Waals surface area contributed by atoms with Gasteiger partial charge < -0.3 is 10.3 Å². The Balaban J connectivity index is 1.45. The zero-order valence-corrected chi connectivity index (χ0v) is 18.3. The summed E-state index contributed by atoms with van der Waals surface area (Å²) in [6, 6.07) is 17.6. The van der Waals surface area contributed by atoms with Crippen LogP contribution in [0, 0.1) is 0 Å². The first-order chi connectivity index (χ1) is 14.5. The van der Waals surface area contributed by atoms with Crippen molar-refractivity contribution in [2.24, 2.45) is 0 Å². The van der Waals surface area contributed by atoms with Crippen molar-refractivity contribution in [2.45, 2.75) is 24.9 Å². The Morgan fingerprint density at radius 2 is 1.87 bits per heavy atom. The van der Waals surface area contributed by atoms with Crippen LogP contribution < -0.4 is 10.9 Å². The lowest BCUT2D eigenvalue weighted by Gasteiger charge is -2.08. The Kier molecular flexibility index (Phi) is 6.01. The second-order valence-electron chi connectivity index (χ2n) is 7.18. The van der Waals surface area contributed by atoms with E-state index in [2.05, 4.69) is 29.1 Å². The van der Waals surface area contributed by atoms with Gasteiger partial charge in [-0.25, -0.2) is 4.98 Å². The molecule has 0 radical (unpaired) electrons. The molecule has 0 unspecified atom stereocenters. The van der Waals surface area contributed by atoms with Crippen LogP contribution in [0.3, 0.4) is 0 Å². The highest BCUT2D eigenvalue weighted by atomic mass is 32.2. The number of carbonyl (C=O) groups excluding carboxylic acids is 1. The number of H-pyrrole nitrogens is 1. The highest BCUT2D eigenvalue weighted by Crippen LogP contribution is 2.31. The van der Waals surface area contributed by atoms with Crippen molar-refractivity contribution in [1.82, 2.24) is 9.97 Å². The van der Waals surface area contributed by atoms with Gasteiger partial charge in [-0.1, -0.05) is 68.1 Å². The molecule has 0 spiro atoms. The van der Waals surface area contributed by atoms with Gasteiger partial charge in [-0.2, -0.15) is 0 Å². The highest BCUT2D eigenvalue weighted by Gasteiger charge is 2.14. The van der Waals surface area contributed by atoms with Gasteiger partial charge in [0.15, 0.2) is 5.16 Å². The highest BCUT2D eigenvalue weighted by molar-refractivity contribution is 7.99. The van der Waals surface area contributed by atoms with Crippen molar-refractivity contribution in [3.05, 3.63) is 75.9 Å². The Morgan fingerprint density at radius 1 is 1.13 bits per heavy atom. The Hall–Kier alpha value is -2.90. The first kappa shape index (κ1) is 20.4. The number of anilines is 1. The maximum atomic E-state index is 12.7. The molecule has 2 heterocycles. The number of nitrogens with zero attached hydrogens (tertiary/aromatic N) is 1. The molecule has 4 aromatic rings. The molecule has 4 rings (SSSR count). The largest absolute Gasteiger partial charge is 0.325 e. The van der Waals surface area contributed by atoms with E-state index in [1.54, 1.807) is 0 Å². The number of aromatic amines is 1. The van der Waals surface area contributed by atoms with Gasteiger partial charge in [0.2, 0.25) is 5.91 Å². The average molecular weight is 436 g/mol. The molecule has 30 heavy (non-hydrogen) atoms. The summed E-state index contributed by atoms with van der Waals surface area (Å²) in [5.74, 6) is 0.469. The van der Waals surface area contributed by atoms with E-state index in [0.29, 0.717) is 21.3 Å². The minimum Gasteiger partial charge on any atom is -0.325 e. The first-order valence-corrected chi connectivity index (χ1v) is 11.5. The molecule has 1 amide bonds. The lowest BCUT2D eigenvalue weighted by Crippen LogP contribution is -2.15. The molecule has 0 bridgehead atoms. The lowest BCUT2D eigenvalue weighted by atomic mass is 10.0. The summed E-state index contributed by atoms with van der Waals surface area (Å²) >= 11 is 2.65. The van der Waals surface area contributed by atoms with Crippen LogP contribution >= 0.6 is 23.1 Å². The minimum absolute atomic E-state index is 0.142. The number of hydrogen-bond donors (Lipinski definition) is 2. The maximum absolute atomic E-state index is 12.7. The first-order valence-electron chi connectivity index (χ1n) is 9.61. The molecule has 0 aliphatic heterocycles. The van der Waals surface area contributed by atoms with Gasteiger partial charge in [-0.05, 0) is 29.2 Å². The van der Waals surface area contributed by atoms with E-state index in [1.807, 2.05) is 60.0 Å². The van der Waals surface area contributed by atoms with E-state index in [-0.39, 0.29) is 17.2 Å². The molecule has 0 saturated heterocycles. The molecule has 2 aromatic carbocycles. The quantitative estimate of drug-likeness (QED) is 0.309. The monoisotopic (exact) mass is 435 g/mol. The van der Waals surface area contributed by atoms with E-state index in [1.165, 1.54) is 28.7 Å². The van der Waals surface area contributed by atoms with E-state index in [4.69, 9.17) is 0 Å². The summed E-state index contributed by atoms with van der Waals surface area (Å²) in [7, 11) is 0. The SMILES string of the molecule is CC(C)c1ccc(NC(=O)CSc2nc3scc(-c4ccccc4)c3c(=O)[nH]2)cc1. The Bertz CT molecular complexity index is 1230.